The van der Waals surface area contributed by atoms with E-state index >= 15 is 0 Å². The first kappa shape index (κ1) is 16.5. The summed E-state index contributed by atoms with van der Waals surface area (Å²) >= 11 is 1.71. The van der Waals surface area contributed by atoms with Gasteiger partial charge in [0.15, 0.2) is 5.82 Å². The fourth-order valence-electron chi connectivity index (χ4n) is 2.78. The van der Waals surface area contributed by atoms with Gasteiger partial charge in [-0.3, -0.25) is 4.98 Å². The predicted octanol–water partition coefficient (Wildman–Crippen LogP) is 5.03. The van der Waals surface area contributed by atoms with Gasteiger partial charge in [-0.05, 0) is 42.2 Å². The highest BCUT2D eigenvalue weighted by molar-refractivity contribution is 7.98. The zero-order valence-corrected chi connectivity index (χ0v) is 15.2. The van der Waals surface area contributed by atoms with Crippen LogP contribution in [0.1, 0.15) is 5.56 Å². The van der Waals surface area contributed by atoms with E-state index in [1.807, 2.05) is 30.3 Å². The minimum atomic E-state index is 0.679. The lowest BCUT2D eigenvalue weighted by Crippen LogP contribution is -2.04. The van der Waals surface area contributed by atoms with Crippen molar-refractivity contribution in [2.75, 3.05) is 11.6 Å². The van der Waals surface area contributed by atoms with Gasteiger partial charge in [-0.15, -0.1) is 11.8 Å². The summed E-state index contributed by atoms with van der Waals surface area (Å²) in [7, 11) is 0. The van der Waals surface area contributed by atoms with Gasteiger partial charge in [0.2, 0.25) is 0 Å². The average Bonchev–Trinajstić information content (AvgIpc) is 2.73. The molecule has 26 heavy (non-hydrogen) atoms. The molecular weight excluding hydrogens is 340 g/mol. The number of fused-ring (bicyclic) bond motifs is 1. The maximum atomic E-state index is 4.79. The lowest BCUT2D eigenvalue weighted by Gasteiger charge is -2.12. The molecule has 0 atom stereocenters. The van der Waals surface area contributed by atoms with Crippen molar-refractivity contribution in [3.05, 3.63) is 78.6 Å². The molecule has 0 aliphatic heterocycles. The smallest absolute Gasteiger partial charge is 0.163 e. The Bertz CT molecular complexity index is 1020. The van der Waals surface area contributed by atoms with Crippen molar-refractivity contribution in [2.24, 2.45) is 0 Å². The molecule has 0 radical (unpaired) electrons. The second kappa shape index (κ2) is 7.54. The van der Waals surface area contributed by atoms with E-state index in [2.05, 4.69) is 46.9 Å². The van der Waals surface area contributed by atoms with Crippen LogP contribution in [0.15, 0.2) is 78.0 Å². The maximum absolute atomic E-state index is 4.79. The van der Waals surface area contributed by atoms with E-state index < -0.39 is 0 Å². The van der Waals surface area contributed by atoms with Crippen LogP contribution in [0.3, 0.4) is 0 Å². The first-order chi connectivity index (χ1) is 12.8. The highest BCUT2D eigenvalue weighted by atomic mass is 32.2. The molecule has 4 rings (SSSR count). The minimum Gasteiger partial charge on any atom is -0.365 e. The van der Waals surface area contributed by atoms with Crippen molar-refractivity contribution in [3.63, 3.8) is 0 Å². The van der Waals surface area contributed by atoms with Crippen molar-refractivity contribution < 1.29 is 0 Å². The summed E-state index contributed by atoms with van der Waals surface area (Å²) in [6, 6.07) is 20.5. The van der Waals surface area contributed by atoms with Gasteiger partial charge in [-0.1, -0.05) is 30.3 Å². The van der Waals surface area contributed by atoms with Crippen molar-refractivity contribution in [3.8, 4) is 11.4 Å². The Morgan fingerprint density at radius 3 is 2.62 bits per heavy atom. The SMILES string of the molecule is CSc1ccc2nc(-c3cccnc3)nc(NCc3ccccc3)c2c1. The Labute approximate surface area is 156 Å². The number of nitrogens with zero attached hydrogens (tertiary/aromatic N) is 3. The molecule has 0 unspecified atom stereocenters. The average molecular weight is 358 g/mol. The molecule has 0 aliphatic carbocycles. The van der Waals surface area contributed by atoms with Crippen LogP contribution < -0.4 is 5.32 Å². The molecule has 2 aromatic heterocycles. The molecule has 5 heteroatoms. The summed E-state index contributed by atoms with van der Waals surface area (Å²) in [4.78, 5) is 14.9. The lowest BCUT2D eigenvalue weighted by molar-refractivity contribution is 1.10. The Morgan fingerprint density at radius 1 is 0.962 bits per heavy atom. The third kappa shape index (κ3) is 3.53. The quantitative estimate of drug-likeness (QED) is 0.507. The molecule has 0 aliphatic rings. The number of nitrogens with one attached hydrogen (secondary N) is 1. The molecule has 2 heterocycles. The van der Waals surface area contributed by atoms with Crippen molar-refractivity contribution in [1.29, 1.82) is 0 Å². The number of aromatic nitrogens is 3. The highest BCUT2D eigenvalue weighted by Gasteiger charge is 2.10. The zero-order chi connectivity index (χ0) is 17.8. The molecule has 4 aromatic rings. The molecular formula is C21H18N4S. The Morgan fingerprint density at radius 2 is 1.85 bits per heavy atom. The summed E-state index contributed by atoms with van der Waals surface area (Å²) in [5.41, 5.74) is 3.04. The highest BCUT2D eigenvalue weighted by Crippen LogP contribution is 2.28. The number of pyridine rings is 1. The first-order valence-corrected chi connectivity index (χ1v) is 9.60. The predicted molar refractivity (Wildman–Crippen MR) is 108 cm³/mol. The largest absolute Gasteiger partial charge is 0.365 e. The van der Waals surface area contributed by atoms with Crippen LogP contribution >= 0.6 is 11.8 Å². The Balaban J connectivity index is 1.78. The van der Waals surface area contributed by atoms with Crippen molar-refractivity contribution >= 4 is 28.5 Å². The molecule has 0 spiro atoms. The second-order valence-electron chi connectivity index (χ2n) is 5.86. The Kier molecular flexibility index (Phi) is 4.80. The molecule has 0 bridgehead atoms. The summed E-state index contributed by atoms with van der Waals surface area (Å²) < 4.78 is 0. The maximum Gasteiger partial charge on any atom is 0.163 e. The molecule has 0 saturated carbocycles. The normalized spacial score (nSPS) is 10.8. The van der Waals surface area contributed by atoms with Gasteiger partial charge < -0.3 is 5.32 Å². The topological polar surface area (TPSA) is 50.7 Å². The lowest BCUT2D eigenvalue weighted by atomic mass is 10.2. The Hall–Kier alpha value is -2.92. The molecule has 2 aromatic carbocycles. The molecule has 4 nitrogen and oxygen atoms in total. The third-order valence-electron chi connectivity index (χ3n) is 4.13. The second-order valence-corrected chi connectivity index (χ2v) is 6.74. The van der Waals surface area contributed by atoms with Crippen LogP contribution in [0, 0.1) is 0 Å². The summed E-state index contributed by atoms with van der Waals surface area (Å²) in [5, 5.41) is 4.51. The van der Waals surface area contributed by atoms with E-state index in [1.54, 1.807) is 24.2 Å². The fraction of sp³-hybridized carbons (Fsp3) is 0.0952. The van der Waals surface area contributed by atoms with Gasteiger partial charge in [-0.2, -0.15) is 0 Å². The van der Waals surface area contributed by atoms with Gasteiger partial charge in [-0.25, -0.2) is 9.97 Å². The van der Waals surface area contributed by atoms with Crippen LogP contribution in [0.25, 0.3) is 22.3 Å². The first-order valence-electron chi connectivity index (χ1n) is 8.37. The van der Waals surface area contributed by atoms with E-state index in [4.69, 9.17) is 9.97 Å². The van der Waals surface area contributed by atoms with Gasteiger partial charge in [0.25, 0.3) is 0 Å². The van der Waals surface area contributed by atoms with Crippen LogP contribution in [0.4, 0.5) is 5.82 Å². The van der Waals surface area contributed by atoms with Crippen molar-refractivity contribution in [2.45, 2.75) is 11.4 Å². The van der Waals surface area contributed by atoms with Gasteiger partial charge in [0.1, 0.15) is 5.82 Å². The number of benzene rings is 2. The summed E-state index contributed by atoms with van der Waals surface area (Å²) in [6.07, 6.45) is 5.62. The van der Waals surface area contributed by atoms with E-state index in [9.17, 15) is 0 Å². The minimum absolute atomic E-state index is 0.679. The van der Waals surface area contributed by atoms with E-state index in [1.165, 1.54) is 10.5 Å². The monoisotopic (exact) mass is 358 g/mol. The molecule has 0 fully saturated rings. The summed E-state index contributed by atoms with van der Waals surface area (Å²) in [6.45, 7) is 0.711. The van der Waals surface area contributed by atoms with Gasteiger partial charge >= 0.3 is 0 Å². The number of thioether (sulfide) groups is 1. The number of anilines is 1. The molecule has 0 amide bonds. The van der Waals surface area contributed by atoms with Gasteiger partial charge in [0.05, 0.1) is 5.52 Å². The van der Waals surface area contributed by atoms with E-state index in [0.717, 1.165) is 22.3 Å². The van der Waals surface area contributed by atoms with Crippen molar-refractivity contribution in [1.82, 2.24) is 15.0 Å². The van der Waals surface area contributed by atoms with Crippen LogP contribution in [-0.2, 0) is 6.54 Å². The fourth-order valence-corrected chi connectivity index (χ4v) is 3.21. The van der Waals surface area contributed by atoms with Crippen LogP contribution in [0.2, 0.25) is 0 Å². The third-order valence-corrected chi connectivity index (χ3v) is 4.85. The molecule has 128 valence electrons. The van der Waals surface area contributed by atoms with Crippen LogP contribution in [0.5, 0.6) is 0 Å². The van der Waals surface area contributed by atoms with Gasteiger partial charge in [0, 0.05) is 34.8 Å². The standard InChI is InChI=1S/C21H18N4S/c1-26-17-9-10-19-18(12-17)21(23-13-15-6-3-2-4-7-15)25-20(24-19)16-8-5-11-22-14-16/h2-12,14H,13H2,1H3,(H,23,24,25). The summed E-state index contributed by atoms with van der Waals surface area (Å²) in [5.74, 6) is 1.52. The van der Waals surface area contributed by atoms with E-state index in [-0.39, 0.29) is 0 Å². The number of rotatable bonds is 5. The van der Waals surface area contributed by atoms with E-state index in [0.29, 0.717) is 12.4 Å². The molecule has 1 N–H and O–H groups in total. The van der Waals surface area contributed by atoms with Crippen LogP contribution in [-0.4, -0.2) is 21.2 Å². The molecule has 0 saturated heterocycles. The zero-order valence-electron chi connectivity index (χ0n) is 14.4. The number of hydrogen-bond acceptors (Lipinski definition) is 5. The number of hydrogen-bond donors (Lipinski definition) is 1.